The summed E-state index contributed by atoms with van der Waals surface area (Å²) in [5.74, 6) is -0.373. The SMILES string of the molecule is Cc1cccc(C2=CCN(CCC3CCC(OC(=O)C4=CCCC4)(C(N)=O)CC3)CC2)c1C#N. The van der Waals surface area contributed by atoms with Gasteiger partial charge in [0.25, 0.3) is 5.91 Å². The normalized spacial score (nSPS) is 25.2. The molecule has 0 atom stereocenters. The molecule has 180 valence electrons. The lowest BCUT2D eigenvalue weighted by Gasteiger charge is -2.38. The van der Waals surface area contributed by atoms with Crippen molar-refractivity contribution in [3.63, 3.8) is 0 Å². The Kier molecular flexibility index (Phi) is 7.53. The van der Waals surface area contributed by atoms with Gasteiger partial charge in [0.1, 0.15) is 6.07 Å². The van der Waals surface area contributed by atoms with Gasteiger partial charge >= 0.3 is 5.97 Å². The van der Waals surface area contributed by atoms with Gasteiger partial charge in [-0.1, -0.05) is 30.4 Å². The van der Waals surface area contributed by atoms with Gasteiger partial charge in [-0.15, -0.1) is 0 Å². The number of carbonyl (C=O) groups excluding carboxylic acids is 2. The molecule has 1 aromatic rings. The van der Waals surface area contributed by atoms with E-state index in [0.717, 1.165) is 81.3 Å². The van der Waals surface area contributed by atoms with Crippen LogP contribution in [0, 0.1) is 24.2 Å². The van der Waals surface area contributed by atoms with Crippen molar-refractivity contribution in [3.8, 4) is 6.07 Å². The zero-order chi connectivity index (χ0) is 24.1. The van der Waals surface area contributed by atoms with E-state index in [2.05, 4.69) is 23.1 Å². The fraction of sp³-hybridized carbons (Fsp3) is 0.536. The number of carbonyl (C=O) groups is 2. The lowest BCUT2D eigenvalue weighted by molar-refractivity contribution is -0.168. The lowest BCUT2D eigenvalue weighted by atomic mass is 9.77. The zero-order valence-electron chi connectivity index (χ0n) is 20.1. The van der Waals surface area contributed by atoms with Crippen molar-refractivity contribution in [2.45, 2.75) is 70.3 Å². The number of nitrogens with two attached hydrogens (primary N) is 1. The molecule has 0 spiro atoms. The van der Waals surface area contributed by atoms with Crippen molar-refractivity contribution < 1.29 is 14.3 Å². The van der Waals surface area contributed by atoms with Crippen LogP contribution in [0.25, 0.3) is 5.57 Å². The summed E-state index contributed by atoms with van der Waals surface area (Å²) in [6.45, 7) is 4.86. The van der Waals surface area contributed by atoms with Gasteiger partial charge in [0.2, 0.25) is 0 Å². The molecule has 1 amide bonds. The molecule has 1 aromatic carbocycles. The summed E-state index contributed by atoms with van der Waals surface area (Å²) < 4.78 is 5.73. The summed E-state index contributed by atoms with van der Waals surface area (Å²) in [5.41, 5.74) is 9.39. The second kappa shape index (κ2) is 10.6. The van der Waals surface area contributed by atoms with Crippen molar-refractivity contribution in [2.75, 3.05) is 19.6 Å². The van der Waals surface area contributed by atoms with Crippen LogP contribution in [0.4, 0.5) is 0 Å². The van der Waals surface area contributed by atoms with Crippen LogP contribution in [0.3, 0.4) is 0 Å². The van der Waals surface area contributed by atoms with Gasteiger partial charge in [-0.05, 0) is 93.9 Å². The number of primary amides is 1. The van der Waals surface area contributed by atoms with E-state index in [1.165, 1.54) is 5.57 Å². The average molecular weight is 462 g/mol. The predicted octanol–water partition coefficient (Wildman–Crippen LogP) is 4.41. The molecule has 0 radical (unpaired) electrons. The van der Waals surface area contributed by atoms with Crippen LogP contribution in [-0.2, 0) is 14.3 Å². The van der Waals surface area contributed by atoms with Crippen LogP contribution in [-0.4, -0.2) is 42.0 Å². The van der Waals surface area contributed by atoms with Crippen molar-refractivity contribution in [1.29, 1.82) is 5.26 Å². The van der Waals surface area contributed by atoms with Crippen LogP contribution in [0.5, 0.6) is 0 Å². The molecule has 0 saturated heterocycles. The molecule has 6 heteroatoms. The summed E-state index contributed by atoms with van der Waals surface area (Å²) in [6.07, 6.45) is 11.5. The van der Waals surface area contributed by atoms with E-state index in [9.17, 15) is 14.9 Å². The quantitative estimate of drug-likeness (QED) is 0.607. The number of allylic oxidation sites excluding steroid dienone is 1. The topological polar surface area (TPSA) is 96.4 Å². The number of ether oxygens (including phenoxy) is 1. The first-order chi connectivity index (χ1) is 16.4. The van der Waals surface area contributed by atoms with E-state index in [1.807, 2.05) is 25.1 Å². The Hall–Kier alpha value is -2.91. The maximum absolute atomic E-state index is 12.5. The average Bonchev–Trinajstić information content (AvgIpc) is 3.39. The second-order valence-corrected chi connectivity index (χ2v) is 9.99. The molecule has 1 saturated carbocycles. The summed E-state index contributed by atoms with van der Waals surface area (Å²) in [7, 11) is 0. The smallest absolute Gasteiger partial charge is 0.334 e. The number of nitriles is 1. The maximum Gasteiger partial charge on any atom is 0.334 e. The molecule has 3 aliphatic rings. The van der Waals surface area contributed by atoms with Gasteiger partial charge < -0.3 is 10.5 Å². The third kappa shape index (κ3) is 5.26. The molecule has 1 fully saturated rings. The monoisotopic (exact) mass is 461 g/mol. The highest BCUT2D eigenvalue weighted by atomic mass is 16.6. The highest BCUT2D eigenvalue weighted by molar-refractivity contribution is 5.93. The van der Waals surface area contributed by atoms with E-state index in [1.54, 1.807) is 0 Å². The van der Waals surface area contributed by atoms with Gasteiger partial charge in [0.15, 0.2) is 5.60 Å². The molecule has 2 aliphatic carbocycles. The second-order valence-electron chi connectivity index (χ2n) is 9.99. The number of benzene rings is 1. The van der Waals surface area contributed by atoms with Gasteiger partial charge in [-0.2, -0.15) is 5.26 Å². The minimum absolute atomic E-state index is 0.362. The number of hydrogen-bond donors (Lipinski definition) is 1. The number of hydrogen-bond acceptors (Lipinski definition) is 5. The van der Waals surface area contributed by atoms with Crippen molar-refractivity contribution >= 4 is 17.4 Å². The molecule has 0 aromatic heterocycles. The minimum atomic E-state index is -1.15. The fourth-order valence-corrected chi connectivity index (χ4v) is 5.54. The number of rotatable bonds is 7. The summed E-state index contributed by atoms with van der Waals surface area (Å²) in [6, 6.07) is 8.42. The molecule has 0 unspecified atom stereocenters. The Morgan fingerprint density at radius 2 is 2.03 bits per heavy atom. The molecular formula is C28H35N3O3. The Bertz CT molecular complexity index is 1040. The Morgan fingerprint density at radius 3 is 2.65 bits per heavy atom. The van der Waals surface area contributed by atoms with Crippen LogP contribution in [0.1, 0.15) is 74.5 Å². The molecule has 1 heterocycles. The van der Waals surface area contributed by atoms with E-state index in [-0.39, 0.29) is 5.97 Å². The Labute approximate surface area is 202 Å². The molecule has 6 nitrogen and oxygen atoms in total. The summed E-state index contributed by atoms with van der Waals surface area (Å²) in [4.78, 5) is 27.2. The van der Waals surface area contributed by atoms with Crippen LogP contribution in [0.2, 0.25) is 0 Å². The third-order valence-corrected chi connectivity index (χ3v) is 7.83. The first-order valence-electron chi connectivity index (χ1n) is 12.6. The summed E-state index contributed by atoms with van der Waals surface area (Å²) in [5, 5.41) is 9.54. The first-order valence-corrected chi connectivity index (χ1v) is 12.6. The molecular weight excluding hydrogens is 426 g/mol. The van der Waals surface area contributed by atoms with E-state index in [0.29, 0.717) is 24.3 Å². The summed E-state index contributed by atoms with van der Waals surface area (Å²) >= 11 is 0. The van der Waals surface area contributed by atoms with Crippen LogP contribution in [0.15, 0.2) is 35.9 Å². The van der Waals surface area contributed by atoms with E-state index >= 15 is 0 Å². The van der Waals surface area contributed by atoms with Crippen molar-refractivity contribution in [1.82, 2.24) is 4.90 Å². The molecule has 0 bridgehead atoms. The fourth-order valence-electron chi connectivity index (χ4n) is 5.54. The number of aryl methyl sites for hydroxylation is 1. The van der Waals surface area contributed by atoms with Crippen molar-refractivity contribution in [3.05, 3.63) is 52.6 Å². The van der Waals surface area contributed by atoms with Gasteiger partial charge in [-0.3, -0.25) is 9.69 Å². The highest BCUT2D eigenvalue weighted by Crippen LogP contribution is 2.38. The molecule has 1 aliphatic heterocycles. The molecule has 34 heavy (non-hydrogen) atoms. The standard InChI is InChI=1S/C28H35N3O3/c1-20-5-4-8-24(25(20)19-29)22-12-17-31(18-13-22)16-11-21-9-14-28(15-10-21,27(30)33)34-26(32)23-6-2-3-7-23/h4-6,8,12,21H,2-3,7,9-11,13-18H2,1H3,(H2,30,33). The Morgan fingerprint density at radius 1 is 1.24 bits per heavy atom. The first kappa shape index (κ1) is 24.2. The number of amides is 1. The van der Waals surface area contributed by atoms with Gasteiger partial charge in [0.05, 0.1) is 5.56 Å². The molecule has 2 N–H and O–H groups in total. The largest absolute Gasteiger partial charge is 0.446 e. The zero-order valence-corrected chi connectivity index (χ0v) is 20.1. The highest BCUT2D eigenvalue weighted by Gasteiger charge is 2.44. The predicted molar refractivity (Wildman–Crippen MR) is 131 cm³/mol. The third-order valence-electron chi connectivity index (χ3n) is 7.83. The Balaban J connectivity index is 1.27. The minimum Gasteiger partial charge on any atom is -0.446 e. The van der Waals surface area contributed by atoms with Crippen LogP contribution < -0.4 is 5.73 Å². The van der Waals surface area contributed by atoms with Crippen molar-refractivity contribution in [2.24, 2.45) is 11.7 Å². The lowest BCUT2D eigenvalue weighted by Crippen LogP contribution is -2.50. The molecule has 4 rings (SSSR count). The van der Waals surface area contributed by atoms with E-state index in [4.69, 9.17) is 10.5 Å². The number of nitrogens with zero attached hydrogens (tertiary/aromatic N) is 2. The maximum atomic E-state index is 12.5. The van der Waals surface area contributed by atoms with Gasteiger partial charge in [-0.25, -0.2) is 4.79 Å². The van der Waals surface area contributed by atoms with Gasteiger partial charge in [0, 0.05) is 18.7 Å². The number of esters is 1. The van der Waals surface area contributed by atoms with Crippen LogP contribution >= 0.6 is 0 Å². The van der Waals surface area contributed by atoms with E-state index < -0.39 is 11.5 Å².